The third kappa shape index (κ3) is 6.00. The van der Waals surface area contributed by atoms with Gasteiger partial charge in [-0.25, -0.2) is 8.42 Å². The fourth-order valence-electron chi connectivity index (χ4n) is 4.24. The predicted molar refractivity (Wildman–Crippen MR) is 113 cm³/mol. The molecule has 1 aromatic heterocycles. The molecule has 0 aliphatic heterocycles. The molecule has 7 nitrogen and oxygen atoms in total. The van der Waals surface area contributed by atoms with Crippen LogP contribution in [0.4, 0.5) is 13.2 Å². The van der Waals surface area contributed by atoms with Crippen LogP contribution in [0.1, 0.15) is 57.3 Å². The molecule has 3 rings (SSSR count). The second-order valence-electron chi connectivity index (χ2n) is 8.01. The van der Waals surface area contributed by atoms with Gasteiger partial charge in [0.05, 0.1) is 11.5 Å². The SMILES string of the molecule is CCN([C@H]1CCC[C@@H](n2cnnc2C)C1)S(=O)(=O)c1ccc(OCCCC(F)(F)F)cc1. The molecule has 1 aliphatic carbocycles. The Kier molecular flexibility index (Phi) is 7.81. The van der Waals surface area contributed by atoms with Crippen molar-refractivity contribution >= 4 is 10.0 Å². The lowest BCUT2D eigenvalue weighted by atomic mass is 9.90. The van der Waals surface area contributed by atoms with Crippen LogP contribution < -0.4 is 4.74 Å². The molecule has 178 valence electrons. The van der Waals surface area contributed by atoms with Gasteiger partial charge in [-0.1, -0.05) is 6.92 Å². The van der Waals surface area contributed by atoms with Crippen molar-refractivity contribution in [3.05, 3.63) is 36.4 Å². The van der Waals surface area contributed by atoms with Gasteiger partial charge < -0.3 is 9.30 Å². The molecule has 0 amide bonds. The summed E-state index contributed by atoms with van der Waals surface area (Å²) in [6, 6.07) is 5.88. The maximum atomic E-state index is 13.3. The predicted octanol–water partition coefficient (Wildman–Crippen LogP) is 4.50. The molecular weight excluding hydrogens is 445 g/mol. The number of benzene rings is 1. The van der Waals surface area contributed by atoms with Gasteiger partial charge in [-0.3, -0.25) is 0 Å². The van der Waals surface area contributed by atoms with Crippen molar-refractivity contribution in [1.29, 1.82) is 0 Å². The second-order valence-corrected chi connectivity index (χ2v) is 9.90. The lowest BCUT2D eigenvalue weighted by molar-refractivity contribution is -0.136. The Morgan fingerprint density at radius 2 is 1.94 bits per heavy atom. The third-order valence-corrected chi connectivity index (χ3v) is 7.83. The normalized spacial score (nSPS) is 19.9. The molecule has 1 saturated carbocycles. The van der Waals surface area contributed by atoms with Crippen LogP contribution in [0.3, 0.4) is 0 Å². The number of aromatic nitrogens is 3. The van der Waals surface area contributed by atoms with E-state index in [0.717, 1.165) is 25.1 Å². The van der Waals surface area contributed by atoms with Crippen LogP contribution in [0.15, 0.2) is 35.5 Å². The molecule has 32 heavy (non-hydrogen) atoms. The zero-order valence-electron chi connectivity index (χ0n) is 18.3. The average molecular weight is 475 g/mol. The lowest BCUT2D eigenvalue weighted by Gasteiger charge is -2.36. The van der Waals surface area contributed by atoms with E-state index in [1.165, 1.54) is 28.6 Å². The van der Waals surface area contributed by atoms with E-state index >= 15 is 0 Å². The zero-order chi connectivity index (χ0) is 23.4. The number of hydrogen-bond acceptors (Lipinski definition) is 5. The molecule has 1 aromatic carbocycles. The molecule has 1 fully saturated rings. The molecule has 0 unspecified atom stereocenters. The molecule has 1 heterocycles. The van der Waals surface area contributed by atoms with Crippen LogP contribution in [0.2, 0.25) is 0 Å². The van der Waals surface area contributed by atoms with Crippen LogP contribution in [0, 0.1) is 6.92 Å². The standard InChI is InChI=1S/C21H29F3N4O3S/c1-3-28(18-7-4-6-17(14-18)27-15-25-26-16(27)2)32(29,30)20-10-8-19(9-11-20)31-13-5-12-21(22,23)24/h8-11,15,17-18H,3-7,12-14H2,1-2H3/t17-,18+/m1/s1. The molecule has 0 N–H and O–H groups in total. The molecular formula is C21H29F3N4O3S. The molecule has 11 heteroatoms. The first-order chi connectivity index (χ1) is 15.1. The van der Waals surface area contributed by atoms with Crippen molar-refractivity contribution < 1.29 is 26.3 Å². The van der Waals surface area contributed by atoms with E-state index in [1.807, 2.05) is 18.4 Å². The van der Waals surface area contributed by atoms with Crippen LogP contribution in [-0.2, 0) is 10.0 Å². The highest BCUT2D eigenvalue weighted by atomic mass is 32.2. The molecule has 1 aliphatic rings. The van der Waals surface area contributed by atoms with Crippen LogP contribution in [-0.4, -0.2) is 52.9 Å². The number of rotatable bonds is 9. The lowest BCUT2D eigenvalue weighted by Crippen LogP contribution is -2.43. The van der Waals surface area contributed by atoms with E-state index in [0.29, 0.717) is 18.7 Å². The number of halogens is 3. The highest BCUT2D eigenvalue weighted by molar-refractivity contribution is 7.89. The van der Waals surface area contributed by atoms with Gasteiger partial charge in [-0.05, 0) is 63.3 Å². The fraction of sp³-hybridized carbons (Fsp3) is 0.619. The van der Waals surface area contributed by atoms with E-state index < -0.39 is 22.6 Å². The minimum absolute atomic E-state index is 0.0846. The molecule has 2 aromatic rings. The Morgan fingerprint density at radius 1 is 1.22 bits per heavy atom. The van der Waals surface area contributed by atoms with Crippen molar-refractivity contribution in [2.75, 3.05) is 13.2 Å². The molecule has 0 saturated heterocycles. The van der Waals surface area contributed by atoms with Gasteiger partial charge in [0.2, 0.25) is 10.0 Å². The van der Waals surface area contributed by atoms with Gasteiger partial charge in [0.15, 0.2) is 0 Å². The monoisotopic (exact) mass is 474 g/mol. The Balaban J connectivity index is 1.66. The van der Waals surface area contributed by atoms with Gasteiger partial charge >= 0.3 is 6.18 Å². The minimum Gasteiger partial charge on any atom is -0.494 e. The van der Waals surface area contributed by atoms with Gasteiger partial charge in [0.1, 0.15) is 17.9 Å². The van der Waals surface area contributed by atoms with Crippen molar-refractivity contribution in [1.82, 2.24) is 19.1 Å². The van der Waals surface area contributed by atoms with Gasteiger partial charge in [0, 0.05) is 25.0 Å². The summed E-state index contributed by atoms with van der Waals surface area (Å²) >= 11 is 0. The van der Waals surface area contributed by atoms with Gasteiger partial charge in [-0.2, -0.15) is 17.5 Å². The smallest absolute Gasteiger partial charge is 0.389 e. The van der Waals surface area contributed by atoms with E-state index in [4.69, 9.17) is 4.74 Å². The largest absolute Gasteiger partial charge is 0.494 e. The molecule has 0 radical (unpaired) electrons. The van der Waals surface area contributed by atoms with Crippen molar-refractivity contribution in [3.63, 3.8) is 0 Å². The minimum atomic E-state index is -4.21. The first kappa shape index (κ1) is 24.5. The summed E-state index contributed by atoms with van der Waals surface area (Å²) in [6.07, 6.45) is -0.255. The number of ether oxygens (including phenoxy) is 1. The highest BCUT2D eigenvalue weighted by Crippen LogP contribution is 2.34. The molecule has 0 spiro atoms. The third-order valence-electron chi connectivity index (χ3n) is 5.79. The summed E-state index contributed by atoms with van der Waals surface area (Å²) in [4.78, 5) is 0.143. The van der Waals surface area contributed by atoms with Crippen LogP contribution in [0.5, 0.6) is 5.75 Å². The summed E-state index contributed by atoms with van der Waals surface area (Å²) in [5.74, 6) is 1.15. The van der Waals surface area contributed by atoms with Crippen molar-refractivity contribution in [2.24, 2.45) is 0 Å². The Hall–Kier alpha value is -2.14. The maximum absolute atomic E-state index is 13.3. The van der Waals surface area contributed by atoms with Gasteiger partial charge in [0.25, 0.3) is 0 Å². The number of hydrogen-bond donors (Lipinski definition) is 0. The highest BCUT2D eigenvalue weighted by Gasteiger charge is 2.34. The fourth-order valence-corrected chi connectivity index (χ4v) is 5.92. The topological polar surface area (TPSA) is 77.3 Å². The number of aryl methyl sites for hydroxylation is 1. The number of nitrogens with zero attached hydrogens (tertiary/aromatic N) is 4. The Labute approximate surface area is 186 Å². The van der Waals surface area contributed by atoms with E-state index in [9.17, 15) is 21.6 Å². The summed E-state index contributed by atoms with van der Waals surface area (Å²) in [6.45, 7) is 3.97. The summed E-state index contributed by atoms with van der Waals surface area (Å²) < 4.78 is 72.2. The summed E-state index contributed by atoms with van der Waals surface area (Å²) in [5.41, 5.74) is 0. The maximum Gasteiger partial charge on any atom is 0.389 e. The van der Waals surface area contributed by atoms with E-state index in [1.54, 1.807) is 6.33 Å². The van der Waals surface area contributed by atoms with Gasteiger partial charge in [-0.15, -0.1) is 10.2 Å². The molecule has 0 bridgehead atoms. The number of sulfonamides is 1. The Morgan fingerprint density at radius 3 is 2.53 bits per heavy atom. The van der Waals surface area contributed by atoms with E-state index in [2.05, 4.69) is 10.2 Å². The van der Waals surface area contributed by atoms with E-state index in [-0.39, 0.29) is 30.0 Å². The zero-order valence-corrected chi connectivity index (χ0v) is 19.1. The first-order valence-electron chi connectivity index (χ1n) is 10.8. The Bertz CT molecular complexity index is 977. The second kappa shape index (κ2) is 10.2. The molecule has 2 atom stereocenters. The van der Waals surface area contributed by atoms with Crippen LogP contribution in [0.25, 0.3) is 0 Å². The summed E-state index contributed by atoms with van der Waals surface area (Å²) in [7, 11) is -3.73. The number of alkyl halides is 3. The van der Waals surface area contributed by atoms with Crippen LogP contribution >= 0.6 is 0 Å². The summed E-state index contributed by atoms with van der Waals surface area (Å²) in [5, 5.41) is 7.98. The van der Waals surface area contributed by atoms with Crippen molar-refractivity contribution in [3.8, 4) is 5.75 Å². The first-order valence-corrected chi connectivity index (χ1v) is 12.2. The average Bonchev–Trinajstić information content (AvgIpc) is 3.17. The quantitative estimate of drug-likeness (QED) is 0.500. The van der Waals surface area contributed by atoms with Crippen molar-refractivity contribution in [2.45, 2.75) is 75.5 Å².